The van der Waals surface area contributed by atoms with Crippen molar-refractivity contribution in [1.82, 2.24) is 0 Å². The van der Waals surface area contributed by atoms with Crippen LogP contribution >= 0.6 is 0 Å². The molecule has 1 nitrogen and oxygen atoms in total. The molecule has 0 heterocycles. The van der Waals surface area contributed by atoms with Gasteiger partial charge in [0.05, 0.1) is 0 Å². The van der Waals surface area contributed by atoms with Gasteiger partial charge < -0.3 is 5.73 Å². The maximum absolute atomic E-state index is 5.91. The Bertz CT molecular complexity index is 642. The van der Waals surface area contributed by atoms with Gasteiger partial charge in [-0.15, -0.1) is 0 Å². The Hall–Kier alpha value is -2.02. The number of benzene rings is 1. The van der Waals surface area contributed by atoms with Crippen LogP contribution in [0.1, 0.15) is 6.42 Å². The zero-order chi connectivity index (χ0) is 11.0. The highest BCUT2D eigenvalue weighted by Crippen LogP contribution is 2.23. The van der Waals surface area contributed by atoms with Crippen molar-refractivity contribution in [3.63, 3.8) is 0 Å². The normalized spacial score (nSPS) is 17.6. The predicted molar refractivity (Wildman–Crippen MR) is 67.7 cm³/mol. The molecular weight excluding hydrogens is 194 g/mol. The average molecular weight is 207 g/mol. The summed E-state index contributed by atoms with van der Waals surface area (Å²) in [5.41, 5.74) is 9.45. The molecular formula is C15H13N. The first-order valence-corrected chi connectivity index (χ1v) is 5.48. The molecule has 1 aromatic rings. The minimum atomic E-state index is 0.848. The van der Waals surface area contributed by atoms with E-state index in [0.717, 1.165) is 12.1 Å². The van der Waals surface area contributed by atoms with Crippen molar-refractivity contribution in [2.75, 3.05) is 0 Å². The van der Waals surface area contributed by atoms with Crippen LogP contribution in [0.5, 0.6) is 0 Å². The molecule has 0 saturated heterocycles. The van der Waals surface area contributed by atoms with Crippen molar-refractivity contribution in [3.8, 4) is 0 Å². The van der Waals surface area contributed by atoms with E-state index >= 15 is 0 Å². The fourth-order valence-corrected chi connectivity index (χ4v) is 2.24. The van der Waals surface area contributed by atoms with Crippen LogP contribution in [0.2, 0.25) is 0 Å². The van der Waals surface area contributed by atoms with E-state index < -0.39 is 0 Å². The smallest absolute Gasteiger partial charge is 0.0133 e. The SMILES string of the molecule is NC1=CC=C2C=CC=c3ccccc3=C2C1. The van der Waals surface area contributed by atoms with Crippen LogP contribution in [-0.4, -0.2) is 0 Å². The van der Waals surface area contributed by atoms with Gasteiger partial charge in [-0.2, -0.15) is 0 Å². The Labute approximate surface area is 94.6 Å². The molecule has 0 atom stereocenters. The van der Waals surface area contributed by atoms with Gasteiger partial charge in [0, 0.05) is 12.1 Å². The Balaban J connectivity index is 2.41. The average Bonchev–Trinajstić information content (AvgIpc) is 2.48. The molecule has 0 fully saturated rings. The van der Waals surface area contributed by atoms with Gasteiger partial charge in [0.1, 0.15) is 0 Å². The Morgan fingerprint density at radius 2 is 1.88 bits per heavy atom. The minimum Gasteiger partial charge on any atom is -0.402 e. The first-order chi connectivity index (χ1) is 7.84. The summed E-state index contributed by atoms with van der Waals surface area (Å²) in [7, 11) is 0. The van der Waals surface area contributed by atoms with Gasteiger partial charge in [0.2, 0.25) is 0 Å². The van der Waals surface area contributed by atoms with Crippen LogP contribution in [0.4, 0.5) is 0 Å². The third kappa shape index (κ3) is 1.41. The van der Waals surface area contributed by atoms with Crippen LogP contribution in [0.15, 0.2) is 59.8 Å². The monoisotopic (exact) mass is 207 g/mol. The Morgan fingerprint density at radius 3 is 2.81 bits per heavy atom. The molecule has 2 aliphatic rings. The summed E-state index contributed by atoms with van der Waals surface area (Å²) in [4.78, 5) is 0. The number of hydrogen-bond acceptors (Lipinski definition) is 1. The van der Waals surface area contributed by atoms with Crippen molar-refractivity contribution in [2.45, 2.75) is 6.42 Å². The topological polar surface area (TPSA) is 26.0 Å². The van der Waals surface area contributed by atoms with E-state index in [4.69, 9.17) is 5.73 Å². The fraction of sp³-hybridized carbons (Fsp3) is 0.0667. The van der Waals surface area contributed by atoms with Gasteiger partial charge in [-0.3, -0.25) is 0 Å². The second-order valence-electron chi connectivity index (χ2n) is 4.13. The second-order valence-corrected chi connectivity index (χ2v) is 4.13. The Morgan fingerprint density at radius 1 is 1.00 bits per heavy atom. The lowest BCUT2D eigenvalue weighted by Gasteiger charge is -2.13. The second kappa shape index (κ2) is 3.53. The molecule has 16 heavy (non-hydrogen) atoms. The number of hydrogen-bond donors (Lipinski definition) is 1. The van der Waals surface area contributed by atoms with Crippen LogP contribution in [-0.2, 0) is 0 Å². The van der Waals surface area contributed by atoms with Gasteiger partial charge in [-0.25, -0.2) is 0 Å². The molecule has 0 bridgehead atoms. The maximum Gasteiger partial charge on any atom is 0.0133 e. The van der Waals surface area contributed by atoms with Gasteiger partial charge in [0.15, 0.2) is 0 Å². The van der Waals surface area contributed by atoms with Crippen molar-refractivity contribution < 1.29 is 0 Å². The van der Waals surface area contributed by atoms with Crippen LogP contribution in [0.25, 0.3) is 11.6 Å². The predicted octanol–water partition coefficient (Wildman–Crippen LogP) is 1.36. The van der Waals surface area contributed by atoms with Crippen LogP contribution in [0.3, 0.4) is 0 Å². The molecule has 78 valence electrons. The summed E-state index contributed by atoms with van der Waals surface area (Å²) in [6.45, 7) is 0. The van der Waals surface area contributed by atoms with Gasteiger partial charge in [-0.1, -0.05) is 48.6 Å². The number of nitrogens with two attached hydrogens (primary N) is 1. The molecule has 0 amide bonds. The van der Waals surface area contributed by atoms with E-state index in [0.29, 0.717) is 0 Å². The maximum atomic E-state index is 5.91. The summed E-state index contributed by atoms with van der Waals surface area (Å²) in [6.07, 6.45) is 11.3. The van der Waals surface area contributed by atoms with Gasteiger partial charge >= 0.3 is 0 Å². The molecule has 3 rings (SSSR count). The zero-order valence-electron chi connectivity index (χ0n) is 8.98. The van der Waals surface area contributed by atoms with Crippen molar-refractivity contribution >= 4 is 11.6 Å². The summed E-state index contributed by atoms with van der Waals surface area (Å²) in [6, 6.07) is 8.46. The lowest BCUT2D eigenvalue weighted by atomic mass is 9.94. The standard InChI is InChI=1S/C15H13N/c16-13-9-8-12-6-3-5-11-4-1-2-7-14(11)15(12)10-13/h1-9H,10,16H2. The first-order valence-electron chi connectivity index (χ1n) is 5.48. The van der Waals surface area contributed by atoms with E-state index in [1.54, 1.807) is 0 Å². The molecule has 0 aliphatic heterocycles. The van der Waals surface area contributed by atoms with Crippen molar-refractivity contribution in [1.29, 1.82) is 0 Å². The quantitative estimate of drug-likeness (QED) is 0.683. The van der Waals surface area contributed by atoms with E-state index in [1.807, 2.05) is 6.08 Å². The lowest BCUT2D eigenvalue weighted by Crippen LogP contribution is -2.27. The summed E-state index contributed by atoms with van der Waals surface area (Å²) in [5.74, 6) is 0. The zero-order valence-corrected chi connectivity index (χ0v) is 8.98. The fourth-order valence-electron chi connectivity index (χ4n) is 2.24. The van der Waals surface area contributed by atoms with Crippen molar-refractivity contribution in [3.05, 3.63) is 70.3 Å². The van der Waals surface area contributed by atoms with Gasteiger partial charge in [-0.05, 0) is 27.7 Å². The molecule has 1 aromatic carbocycles. The van der Waals surface area contributed by atoms with E-state index in [-0.39, 0.29) is 0 Å². The Kier molecular flexibility index (Phi) is 2.03. The lowest BCUT2D eigenvalue weighted by molar-refractivity contribution is 1.15. The molecule has 0 unspecified atom stereocenters. The first kappa shape index (κ1) is 9.22. The van der Waals surface area contributed by atoms with E-state index in [1.165, 1.54) is 21.6 Å². The molecule has 0 spiro atoms. The summed E-state index contributed by atoms with van der Waals surface area (Å²) >= 11 is 0. The van der Waals surface area contributed by atoms with E-state index in [2.05, 4.69) is 48.6 Å². The van der Waals surface area contributed by atoms with Crippen molar-refractivity contribution in [2.24, 2.45) is 5.73 Å². The number of fused-ring (bicyclic) bond motifs is 2. The summed E-state index contributed by atoms with van der Waals surface area (Å²) in [5, 5.41) is 2.57. The molecule has 0 radical (unpaired) electrons. The molecule has 2 aliphatic carbocycles. The number of rotatable bonds is 0. The molecule has 0 aromatic heterocycles. The van der Waals surface area contributed by atoms with Crippen LogP contribution in [0, 0.1) is 0 Å². The van der Waals surface area contributed by atoms with Crippen LogP contribution < -0.4 is 16.2 Å². The molecule has 2 N–H and O–H groups in total. The molecule has 1 heteroatoms. The van der Waals surface area contributed by atoms with Gasteiger partial charge in [0.25, 0.3) is 0 Å². The summed E-state index contributed by atoms with van der Waals surface area (Å²) < 4.78 is 0. The highest BCUT2D eigenvalue weighted by atomic mass is 14.6. The third-order valence-electron chi connectivity index (χ3n) is 3.04. The van der Waals surface area contributed by atoms with E-state index in [9.17, 15) is 0 Å². The highest BCUT2D eigenvalue weighted by molar-refractivity contribution is 5.75. The number of allylic oxidation sites excluding steroid dienone is 6. The largest absolute Gasteiger partial charge is 0.402 e. The third-order valence-corrected chi connectivity index (χ3v) is 3.04. The minimum absolute atomic E-state index is 0.848. The highest BCUT2D eigenvalue weighted by Gasteiger charge is 2.10. The molecule has 0 saturated carbocycles.